The Hall–Kier alpha value is -1.25. The topological polar surface area (TPSA) is 18.5 Å². The third kappa shape index (κ3) is 3.12. The van der Waals surface area contributed by atoms with Crippen molar-refractivity contribution in [3.63, 3.8) is 0 Å². The van der Waals surface area contributed by atoms with Crippen LogP contribution in [-0.2, 0) is 0 Å². The third-order valence-corrected chi connectivity index (χ3v) is 2.15. The van der Waals surface area contributed by atoms with Crippen LogP contribution in [0.25, 0.3) is 0 Å². The summed E-state index contributed by atoms with van der Waals surface area (Å²) in [5.74, 6) is 0.505. The highest BCUT2D eigenvalue weighted by Gasteiger charge is 2.25. The van der Waals surface area contributed by atoms with Crippen LogP contribution in [0.15, 0.2) is 18.2 Å². The lowest BCUT2D eigenvalue weighted by Crippen LogP contribution is -2.23. The van der Waals surface area contributed by atoms with Gasteiger partial charge in [-0.15, -0.1) is 0 Å². The van der Waals surface area contributed by atoms with E-state index in [4.69, 9.17) is 9.47 Å². The van der Waals surface area contributed by atoms with E-state index in [1.165, 1.54) is 6.07 Å². The van der Waals surface area contributed by atoms with Crippen molar-refractivity contribution in [3.8, 4) is 11.5 Å². The van der Waals surface area contributed by atoms with Gasteiger partial charge in [0, 0.05) is 6.07 Å². The van der Waals surface area contributed by atoms with Gasteiger partial charge < -0.3 is 9.47 Å². The normalized spacial score (nSPS) is 16.0. The molecule has 0 spiro atoms. The average Bonchev–Trinajstić information content (AvgIpc) is 2.90. The summed E-state index contributed by atoms with van der Waals surface area (Å²) in [6.45, 7) is 5.79. The maximum absolute atomic E-state index is 13.6. The number of hydrogen-bond acceptors (Lipinski definition) is 2. The van der Waals surface area contributed by atoms with Crippen LogP contribution >= 0.6 is 0 Å². The fraction of sp³-hybridized carbons (Fsp3) is 0.538. The first-order chi connectivity index (χ1) is 7.44. The highest BCUT2D eigenvalue weighted by Crippen LogP contribution is 2.31. The summed E-state index contributed by atoms with van der Waals surface area (Å²) in [4.78, 5) is 0. The predicted octanol–water partition coefficient (Wildman–Crippen LogP) is 3.54. The minimum absolute atomic E-state index is 0.212. The second-order valence-corrected chi connectivity index (χ2v) is 5.12. The molecule has 0 amide bonds. The van der Waals surface area contributed by atoms with E-state index in [9.17, 15) is 4.39 Å². The highest BCUT2D eigenvalue weighted by atomic mass is 19.1. The van der Waals surface area contributed by atoms with E-state index in [0.717, 1.165) is 12.8 Å². The van der Waals surface area contributed by atoms with Crippen molar-refractivity contribution in [2.45, 2.75) is 45.3 Å². The predicted molar refractivity (Wildman–Crippen MR) is 60.4 cm³/mol. The molecule has 0 aromatic heterocycles. The van der Waals surface area contributed by atoms with Crippen molar-refractivity contribution < 1.29 is 13.9 Å². The maximum Gasteiger partial charge on any atom is 0.168 e. The Kier molecular flexibility index (Phi) is 2.78. The van der Waals surface area contributed by atoms with Crippen molar-refractivity contribution in [1.82, 2.24) is 0 Å². The van der Waals surface area contributed by atoms with Crippen molar-refractivity contribution in [1.29, 1.82) is 0 Å². The quantitative estimate of drug-likeness (QED) is 0.781. The van der Waals surface area contributed by atoms with E-state index in [1.807, 2.05) is 20.8 Å². The minimum Gasteiger partial charge on any atom is -0.488 e. The largest absolute Gasteiger partial charge is 0.488 e. The van der Waals surface area contributed by atoms with Gasteiger partial charge in [0.2, 0.25) is 0 Å². The van der Waals surface area contributed by atoms with E-state index < -0.39 is 0 Å². The van der Waals surface area contributed by atoms with E-state index in [1.54, 1.807) is 12.1 Å². The zero-order valence-electron chi connectivity index (χ0n) is 9.92. The molecule has 1 aromatic carbocycles. The smallest absolute Gasteiger partial charge is 0.168 e. The van der Waals surface area contributed by atoms with Crippen LogP contribution < -0.4 is 9.47 Å². The van der Waals surface area contributed by atoms with Crippen molar-refractivity contribution in [2.24, 2.45) is 0 Å². The first-order valence-corrected chi connectivity index (χ1v) is 5.59. The van der Waals surface area contributed by atoms with Crippen molar-refractivity contribution >= 4 is 0 Å². The molecular weight excluding hydrogens is 207 g/mol. The fourth-order valence-electron chi connectivity index (χ4n) is 1.36. The Balaban J connectivity index is 2.08. The molecule has 16 heavy (non-hydrogen) atoms. The average molecular weight is 224 g/mol. The monoisotopic (exact) mass is 224 g/mol. The van der Waals surface area contributed by atoms with Crippen molar-refractivity contribution in [3.05, 3.63) is 24.0 Å². The molecule has 1 saturated carbocycles. The van der Waals surface area contributed by atoms with Gasteiger partial charge in [0.05, 0.1) is 6.10 Å². The number of hydrogen-bond donors (Lipinski definition) is 0. The number of halogens is 1. The van der Waals surface area contributed by atoms with E-state index >= 15 is 0 Å². The zero-order chi connectivity index (χ0) is 11.8. The van der Waals surface area contributed by atoms with Gasteiger partial charge in [-0.05, 0) is 45.7 Å². The molecule has 88 valence electrons. The standard InChI is InChI=1S/C13H17FO2/c1-13(2,3)16-10-6-7-12(11(14)8-10)15-9-4-5-9/h6-9H,4-5H2,1-3H3. The lowest BCUT2D eigenvalue weighted by atomic mass is 10.2. The molecule has 0 bridgehead atoms. The molecule has 1 aromatic rings. The van der Waals surface area contributed by atoms with E-state index in [-0.39, 0.29) is 17.5 Å². The molecule has 0 heterocycles. The van der Waals surface area contributed by atoms with Crippen LogP contribution in [0, 0.1) is 5.82 Å². The Labute approximate surface area is 95.4 Å². The van der Waals surface area contributed by atoms with Crippen LogP contribution in [0.1, 0.15) is 33.6 Å². The first-order valence-electron chi connectivity index (χ1n) is 5.59. The van der Waals surface area contributed by atoms with Gasteiger partial charge in [-0.25, -0.2) is 4.39 Å². The summed E-state index contributed by atoms with van der Waals surface area (Å²) < 4.78 is 24.6. The van der Waals surface area contributed by atoms with Crippen molar-refractivity contribution in [2.75, 3.05) is 0 Å². The maximum atomic E-state index is 13.6. The van der Waals surface area contributed by atoms with Gasteiger partial charge in [-0.1, -0.05) is 0 Å². The Morgan fingerprint density at radius 3 is 2.44 bits per heavy atom. The number of benzene rings is 1. The summed E-state index contributed by atoms with van der Waals surface area (Å²) in [6.07, 6.45) is 2.27. The van der Waals surface area contributed by atoms with Crippen LogP contribution in [0.3, 0.4) is 0 Å². The minimum atomic E-state index is -0.353. The lowest BCUT2D eigenvalue weighted by Gasteiger charge is -2.21. The second-order valence-electron chi connectivity index (χ2n) is 5.12. The summed E-state index contributed by atoms with van der Waals surface area (Å²) in [6, 6.07) is 4.75. The molecule has 0 radical (unpaired) electrons. The van der Waals surface area contributed by atoms with Crippen LogP contribution in [0.2, 0.25) is 0 Å². The molecule has 2 rings (SSSR count). The second kappa shape index (κ2) is 3.96. The van der Waals surface area contributed by atoms with Crippen LogP contribution in [0.5, 0.6) is 11.5 Å². The first kappa shape index (κ1) is 11.2. The molecule has 3 heteroatoms. The molecule has 2 nitrogen and oxygen atoms in total. The summed E-state index contributed by atoms with van der Waals surface area (Å²) >= 11 is 0. The zero-order valence-corrected chi connectivity index (χ0v) is 9.92. The fourth-order valence-corrected chi connectivity index (χ4v) is 1.36. The van der Waals surface area contributed by atoms with Gasteiger partial charge in [0.1, 0.15) is 11.4 Å². The SMILES string of the molecule is CC(C)(C)Oc1ccc(OC2CC2)c(F)c1. The molecule has 0 atom stereocenters. The Morgan fingerprint density at radius 2 is 1.94 bits per heavy atom. The number of ether oxygens (including phenoxy) is 2. The van der Waals surface area contributed by atoms with Crippen LogP contribution in [0.4, 0.5) is 4.39 Å². The molecule has 1 fully saturated rings. The van der Waals surface area contributed by atoms with Gasteiger partial charge in [0.25, 0.3) is 0 Å². The molecule has 1 aliphatic carbocycles. The molecule has 0 N–H and O–H groups in total. The van der Waals surface area contributed by atoms with Gasteiger partial charge >= 0.3 is 0 Å². The van der Waals surface area contributed by atoms with E-state index in [2.05, 4.69) is 0 Å². The van der Waals surface area contributed by atoms with Gasteiger partial charge in [-0.2, -0.15) is 0 Å². The molecule has 1 aliphatic rings. The molecule has 0 saturated heterocycles. The summed E-state index contributed by atoms with van der Waals surface area (Å²) in [7, 11) is 0. The van der Waals surface area contributed by atoms with E-state index in [0.29, 0.717) is 11.5 Å². The Bertz CT molecular complexity index is 378. The number of rotatable bonds is 3. The molecular formula is C13H17FO2. The molecule has 0 aliphatic heterocycles. The Morgan fingerprint density at radius 1 is 1.25 bits per heavy atom. The summed E-state index contributed by atoms with van der Waals surface area (Å²) in [5.41, 5.74) is -0.314. The highest BCUT2D eigenvalue weighted by molar-refractivity contribution is 5.33. The van der Waals surface area contributed by atoms with Crippen LogP contribution in [-0.4, -0.2) is 11.7 Å². The van der Waals surface area contributed by atoms with Gasteiger partial charge in [0.15, 0.2) is 11.6 Å². The third-order valence-electron chi connectivity index (χ3n) is 2.15. The van der Waals surface area contributed by atoms with Gasteiger partial charge in [-0.3, -0.25) is 0 Å². The lowest BCUT2D eigenvalue weighted by molar-refractivity contribution is 0.130. The summed E-state index contributed by atoms with van der Waals surface area (Å²) in [5, 5.41) is 0. The molecule has 0 unspecified atom stereocenters.